The summed E-state index contributed by atoms with van der Waals surface area (Å²) in [6.07, 6.45) is 0. The average Bonchev–Trinajstić information content (AvgIpc) is 3.13. The topological polar surface area (TPSA) is 109 Å². The van der Waals surface area contributed by atoms with E-state index in [1.807, 2.05) is 48.5 Å². The summed E-state index contributed by atoms with van der Waals surface area (Å²) in [6, 6.07) is 15.6. The van der Waals surface area contributed by atoms with Crippen molar-refractivity contribution in [3.8, 4) is 22.8 Å². The molecule has 0 radical (unpaired) electrons. The number of nitrogen functional groups attached to an aromatic ring is 1. The maximum Gasteiger partial charge on any atom is 0.225 e. The summed E-state index contributed by atoms with van der Waals surface area (Å²) in [7, 11) is 4.85. The monoisotopic (exact) mass is 434 g/mol. The summed E-state index contributed by atoms with van der Waals surface area (Å²) < 4.78 is 17.7. The van der Waals surface area contributed by atoms with Crippen molar-refractivity contribution in [2.75, 3.05) is 45.5 Å². The van der Waals surface area contributed by atoms with Crippen LogP contribution in [0, 0.1) is 0 Å². The molecule has 2 aromatic carbocycles. The third-order valence-electron chi connectivity index (χ3n) is 5.06. The van der Waals surface area contributed by atoms with E-state index in [0.29, 0.717) is 59.7 Å². The van der Waals surface area contributed by atoms with Gasteiger partial charge in [0.15, 0.2) is 17.1 Å². The highest BCUT2D eigenvalue weighted by atomic mass is 16.5. The molecule has 0 aliphatic rings. The van der Waals surface area contributed by atoms with Gasteiger partial charge >= 0.3 is 0 Å². The molecule has 0 saturated heterocycles. The Hall–Kier alpha value is -3.85. The van der Waals surface area contributed by atoms with Gasteiger partial charge in [0.05, 0.1) is 38.5 Å². The Labute approximate surface area is 186 Å². The molecule has 0 atom stereocenters. The largest absolute Gasteiger partial charge is 0.493 e. The normalized spacial score (nSPS) is 11.0. The minimum absolute atomic E-state index is 0.448. The molecular formula is C23H26N6O3. The van der Waals surface area contributed by atoms with Crippen molar-refractivity contribution in [3.63, 3.8) is 0 Å². The highest BCUT2D eigenvalue weighted by Gasteiger charge is 2.19. The first-order chi connectivity index (χ1) is 15.6. The third-order valence-corrected chi connectivity index (χ3v) is 5.06. The fraction of sp³-hybridized carbons (Fsp3) is 0.261. The van der Waals surface area contributed by atoms with Crippen LogP contribution in [-0.2, 0) is 11.3 Å². The molecule has 32 heavy (non-hydrogen) atoms. The molecule has 0 spiro atoms. The molecule has 0 aliphatic carbocycles. The maximum atomic E-state index is 6.55. The number of methoxy groups -OCH3 is 3. The second kappa shape index (κ2) is 9.52. The standard InChI is InChI=1S/C23H26N6O3/c1-30-12-11-25-23-26-20(16-9-10-17(31-2)18(13-16)32-3)19-21(24)29(28-22(19)27-23)14-15-7-5-4-6-8-15/h4-10,13H,11-12,14,24H2,1-3H3,(H,25,27,28). The zero-order valence-corrected chi connectivity index (χ0v) is 18.3. The van der Waals surface area contributed by atoms with Crippen molar-refractivity contribution < 1.29 is 14.2 Å². The number of aromatic nitrogens is 4. The molecule has 2 heterocycles. The first kappa shape index (κ1) is 21.4. The van der Waals surface area contributed by atoms with E-state index in [9.17, 15) is 0 Å². The third kappa shape index (κ3) is 4.28. The summed E-state index contributed by atoms with van der Waals surface area (Å²) in [5.41, 5.74) is 9.62. The quantitative estimate of drug-likeness (QED) is 0.387. The molecule has 0 fully saturated rings. The predicted octanol–water partition coefficient (Wildman–Crippen LogP) is 3.20. The number of rotatable bonds is 9. The molecule has 9 heteroatoms. The van der Waals surface area contributed by atoms with E-state index < -0.39 is 0 Å². The van der Waals surface area contributed by atoms with E-state index in [1.165, 1.54) is 0 Å². The van der Waals surface area contributed by atoms with Gasteiger partial charge in [0.25, 0.3) is 0 Å². The van der Waals surface area contributed by atoms with Gasteiger partial charge < -0.3 is 25.3 Å². The fourth-order valence-corrected chi connectivity index (χ4v) is 3.47. The van der Waals surface area contributed by atoms with Gasteiger partial charge in [-0.1, -0.05) is 30.3 Å². The van der Waals surface area contributed by atoms with Crippen LogP contribution in [0.15, 0.2) is 48.5 Å². The molecule has 9 nitrogen and oxygen atoms in total. The predicted molar refractivity (Wildman–Crippen MR) is 124 cm³/mol. The lowest BCUT2D eigenvalue weighted by Crippen LogP contribution is -2.10. The van der Waals surface area contributed by atoms with Crippen molar-refractivity contribution in [1.82, 2.24) is 19.7 Å². The summed E-state index contributed by atoms with van der Waals surface area (Å²) in [6.45, 7) is 1.62. The number of nitrogens with one attached hydrogen (secondary N) is 1. The average molecular weight is 435 g/mol. The van der Waals surface area contributed by atoms with Crippen LogP contribution >= 0.6 is 0 Å². The van der Waals surface area contributed by atoms with Crippen molar-refractivity contribution in [2.24, 2.45) is 0 Å². The van der Waals surface area contributed by atoms with E-state index >= 15 is 0 Å². The Kier molecular flexibility index (Phi) is 6.37. The lowest BCUT2D eigenvalue weighted by atomic mass is 10.1. The molecule has 4 rings (SSSR count). The molecule has 4 aromatic rings. The molecule has 0 aliphatic heterocycles. The SMILES string of the molecule is COCCNc1nc(-c2ccc(OC)c(OC)c2)c2c(N)n(Cc3ccccc3)nc2n1. The van der Waals surface area contributed by atoms with E-state index in [-0.39, 0.29) is 0 Å². The van der Waals surface area contributed by atoms with Gasteiger partial charge in [0.1, 0.15) is 5.82 Å². The number of hydrogen-bond donors (Lipinski definition) is 2. The second-order valence-corrected chi connectivity index (χ2v) is 7.11. The zero-order chi connectivity index (χ0) is 22.5. The molecule has 166 valence electrons. The number of benzene rings is 2. The molecular weight excluding hydrogens is 408 g/mol. The molecule has 0 saturated carbocycles. The summed E-state index contributed by atoms with van der Waals surface area (Å²) in [5, 5.41) is 8.54. The Morgan fingerprint density at radius 2 is 1.75 bits per heavy atom. The molecule has 3 N–H and O–H groups in total. The lowest BCUT2D eigenvalue weighted by molar-refractivity contribution is 0.210. The molecule has 0 amide bonds. The van der Waals surface area contributed by atoms with Crippen molar-refractivity contribution in [3.05, 3.63) is 54.1 Å². The Morgan fingerprint density at radius 1 is 0.969 bits per heavy atom. The van der Waals surface area contributed by atoms with Crippen LogP contribution < -0.4 is 20.5 Å². The number of hydrogen-bond acceptors (Lipinski definition) is 8. The van der Waals surface area contributed by atoms with Crippen LogP contribution in [0.3, 0.4) is 0 Å². The van der Waals surface area contributed by atoms with Crippen LogP contribution in [0.4, 0.5) is 11.8 Å². The summed E-state index contributed by atoms with van der Waals surface area (Å²) in [5.74, 6) is 2.18. The smallest absolute Gasteiger partial charge is 0.225 e. The lowest BCUT2D eigenvalue weighted by Gasteiger charge is -2.11. The Morgan fingerprint density at radius 3 is 2.47 bits per heavy atom. The second-order valence-electron chi connectivity index (χ2n) is 7.11. The highest BCUT2D eigenvalue weighted by Crippen LogP contribution is 2.36. The van der Waals surface area contributed by atoms with Crippen molar-refractivity contribution >= 4 is 22.8 Å². The first-order valence-electron chi connectivity index (χ1n) is 10.2. The van der Waals surface area contributed by atoms with Gasteiger partial charge in [-0.25, -0.2) is 9.67 Å². The van der Waals surface area contributed by atoms with Gasteiger partial charge in [-0.2, -0.15) is 4.98 Å². The summed E-state index contributed by atoms with van der Waals surface area (Å²) in [4.78, 5) is 9.33. The van der Waals surface area contributed by atoms with Crippen LogP contribution in [0.5, 0.6) is 11.5 Å². The van der Waals surface area contributed by atoms with Gasteiger partial charge in [0, 0.05) is 19.2 Å². The van der Waals surface area contributed by atoms with Gasteiger partial charge in [-0.3, -0.25) is 0 Å². The fourth-order valence-electron chi connectivity index (χ4n) is 3.47. The van der Waals surface area contributed by atoms with E-state index in [0.717, 1.165) is 11.1 Å². The van der Waals surface area contributed by atoms with Crippen molar-refractivity contribution in [2.45, 2.75) is 6.54 Å². The Balaban J connectivity index is 1.85. The van der Waals surface area contributed by atoms with Crippen LogP contribution in [0.1, 0.15) is 5.56 Å². The van der Waals surface area contributed by atoms with Crippen LogP contribution in [-0.4, -0.2) is 54.2 Å². The minimum Gasteiger partial charge on any atom is -0.493 e. The number of nitrogens with two attached hydrogens (primary N) is 1. The van der Waals surface area contributed by atoms with Gasteiger partial charge in [0.2, 0.25) is 5.95 Å². The number of nitrogens with zero attached hydrogens (tertiary/aromatic N) is 4. The van der Waals surface area contributed by atoms with E-state index in [4.69, 9.17) is 24.9 Å². The Bertz CT molecular complexity index is 1210. The maximum absolute atomic E-state index is 6.55. The minimum atomic E-state index is 0.448. The van der Waals surface area contributed by atoms with Crippen LogP contribution in [0.25, 0.3) is 22.3 Å². The van der Waals surface area contributed by atoms with Crippen molar-refractivity contribution in [1.29, 1.82) is 0 Å². The number of fused-ring (bicyclic) bond motifs is 1. The zero-order valence-electron chi connectivity index (χ0n) is 18.3. The van der Waals surface area contributed by atoms with E-state index in [2.05, 4.69) is 15.4 Å². The highest BCUT2D eigenvalue weighted by molar-refractivity contribution is 5.99. The first-order valence-corrected chi connectivity index (χ1v) is 10.2. The molecule has 0 unspecified atom stereocenters. The molecule has 0 bridgehead atoms. The summed E-state index contributed by atoms with van der Waals surface area (Å²) >= 11 is 0. The van der Waals surface area contributed by atoms with E-state index in [1.54, 1.807) is 26.0 Å². The van der Waals surface area contributed by atoms with Gasteiger partial charge in [-0.15, -0.1) is 5.10 Å². The number of ether oxygens (including phenoxy) is 3. The molecule has 2 aromatic heterocycles. The van der Waals surface area contributed by atoms with Gasteiger partial charge in [-0.05, 0) is 23.8 Å². The number of anilines is 2. The van der Waals surface area contributed by atoms with Crippen LogP contribution in [0.2, 0.25) is 0 Å².